The van der Waals surface area contributed by atoms with Gasteiger partial charge in [-0.25, -0.2) is 0 Å². The molecule has 0 amide bonds. The standard InChI is InChI=1S/C85H79N3S/c1-55-21-15-14-18-48-89-77-53-76(88(66-43-39-64(40-44-66)84(11,12)13)68-25-20-23-60(51-68)58-31-35-62(36-32-58)82(5,6)7)79-71-46-45-69(52-75(71)85(80(79)78(55)77)73-27-17-16-26-70(73)72-49-56(54-86)28-47-74(72)85)87(65-41-37-63(38-42-65)83(8,9)10)67-24-19-22-59(50-67)57-29-33-61(34-30-57)81(2,3)4/h14-47,49-53H,1,48H2,2-13H3/b18-14-,21-15-. The van der Waals surface area contributed by atoms with Crippen LogP contribution >= 0.6 is 11.8 Å². The molecule has 1 unspecified atom stereocenters. The van der Waals surface area contributed by atoms with Gasteiger partial charge >= 0.3 is 0 Å². The maximum absolute atomic E-state index is 10.7. The Bertz CT molecular complexity index is 4520. The quantitative estimate of drug-likeness (QED) is 0.152. The van der Waals surface area contributed by atoms with E-state index in [0.717, 1.165) is 94.9 Å². The molecule has 13 rings (SSSR count). The summed E-state index contributed by atoms with van der Waals surface area (Å²) < 4.78 is 0. The summed E-state index contributed by atoms with van der Waals surface area (Å²) >= 11 is 1.87. The minimum atomic E-state index is -0.879. The van der Waals surface area contributed by atoms with Crippen molar-refractivity contribution in [2.45, 2.75) is 115 Å². The van der Waals surface area contributed by atoms with Crippen LogP contribution in [0, 0.1) is 11.3 Å². The van der Waals surface area contributed by atoms with E-state index in [1.165, 1.54) is 50.1 Å². The minimum Gasteiger partial charge on any atom is -0.310 e. The van der Waals surface area contributed by atoms with Gasteiger partial charge in [-0.1, -0.05) is 247 Å². The Balaban J connectivity index is 1.14. The summed E-state index contributed by atoms with van der Waals surface area (Å²) in [5.41, 5.74) is 27.2. The Hall–Kier alpha value is -9.14. The van der Waals surface area contributed by atoms with Crippen LogP contribution in [0.2, 0.25) is 0 Å². The smallest absolute Gasteiger partial charge is 0.0991 e. The van der Waals surface area contributed by atoms with Crippen LogP contribution in [0.3, 0.4) is 0 Å². The molecule has 4 heteroatoms. The number of anilines is 6. The molecule has 0 saturated carbocycles. The van der Waals surface area contributed by atoms with Gasteiger partial charge < -0.3 is 9.80 Å². The van der Waals surface area contributed by atoms with Gasteiger partial charge in [0.15, 0.2) is 0 Å². The normalized spacial score (nSPS) is 15.8. The topological polar surface area (TPSA) is 30.3 Å². The zero-order valence-electron chi connectivity index (χ0n) is 53.7. The van der Waals surface area contributed by atoms with Crippen molar-refractivity contribution in [3.05, 3.63) is 299 Å². The zero-order chi connectivity index (χ0) is 62.4. The highest BCUT2D eigenvalue weighted by Crippen LogP contribution is 2.68. The molecule has 2 aliphatic carbocycles. The summed E-state index contributed by atoms with van der Waals surface area (Å²) in [7, 11) is 0. The number of hydrogen-bond acceptors (Lipinski definition) is 4. The average Bonchev–Trinajstić information content (AvgIpc) is 1.50. The van der Waals surface area contributed by atoms with Crippen LogP contribution < -0.4 is 9.80 Å². The molecule has 1 atom stereocenters. The highest BCUT2D eigenvalue weighted by molar-refractivity contribution is 7.99. The fraction of sp³-hybridized carbons (Fsp3) is 0.212. The van der Waals surface area contributed by atoms with Gasteiger partial charge in [0, 0.05) is 50.2 Å². The Labute approximate surface area is 533 Å². The molecule has 1 aliphatic heterocycles. The molecule has 1 heterocycles. The largest absolute Gasteiger partial charge is 0.310 e. The molecule has 10 aromatic carbocycles. The second-order valence-corrected chi connectivity index (χ2v) is 29.6. The molecule has 3 aliphatic rings. The maximum Gasteiger partial charge on any atom is 0.0991 e. The van der Waals surface area contributed by atoms with Crippen molar-refractivity contribution in [1.29, 1.82) is 5.26 Å². The first-order chi connectivity index (χ1) is 42.5. The number of nitrogens with zero attached hydrogens (tertiary/aromatic N) is 3. The molecule has 0 N–H and O–H groups in total. The summed E-state index contributed by atoms with van der Waals surface area (Å²) in [5.74, 6) is 0.773. The van der Waals surface area contributed by atoms with E-state index in [1.807, 2.05) is 17.8 Å². The predicted octanol–water partition coefficient (Wildman–Crippen LogP) is 23.6. The van der Waals surface area contributed by atoms with Crippen molar-refractivity contribution < 1.29 is 0 Å². The van der Waals surface area contributed by atoms with Crippen molar-refractivity contribution in [3.8, 4) is 50.6 Å². The Morgan fingerprint density at radius 2 is 0.910 bits per heavy atom. The second kappa shape index (κ2) is 22.2. The molecule has 0 saturated heterocycles. The molecular weight excluding hydrogens is 1100 g/mol. The van der Waals surface area contributed by atoms with Crippen LogP contribution in [0.15, 0.2) is 248 Å². The molecule has 3 nitrogen and oxygen atoms in total. The third-order valence-corrected chi connectivity index (χ3v) is 19.5. The summed E-state index contributed by atoms with van der Waals surface area (Å²) in [4.78, 5) is 6.14. The predicted molar refractivity (Wildman–Crippen MR) is 381 cm³/mol. The summed E-state index contributed by atoms with van der Waals surface area (Å²) in [6.45, 7) is 32.4. The SMILES string of the molecule is C=C1/C=C\C=C/CSc2cc(N(c3ccc(C(C)(C)C)cc3)c3cccc(-c4ccc(C(C)(C)C)cc4)c3)c3c(c21)C1(c2ccccc2-c2cc(C#N)ccc21)c1cc(N(c2ccc(C(C)(C)C)cc2)c2cccc(-c4ccc(C(C)(C)C)cc4)c2)ccc1-3. The Morgan fingerprint density at radius 3 is 1.46 bits per heavy atom. The molecule has 10 aromatic rings. The van der Waals surface area contributed by atoms with E-state index in [9.17, 15) is 5.26 Å². The van der Waals surface area contributed by atoms with Gasteiger partial charge in [0.1, 0.15) is 0 Å². The van der Waals surface area contributed by atoms with Crippen molar-refractivity contribution >= 4 is 51.5 Å². The van der Waals surface area contributed by atoms with Crippen LogP contribution in [-0.2, 0) is 27.1 Å². The van der Waals surface area contributed by atoms with Crippen molar-refractivity contribution in [1.82, 2.24) is 0 Å². The molecule has 0 aromatic heterocycles. The van der Waals surface area contributed by atoms with Gasteiger partial charge in [0.25, 0.3) is 0 Å². The van der Waals surface area contributed by atoms with Crippen molar-refractivity contribution in [2.75, 3.05) is 15.6 Å². The number of thioether (sulfide) groups is 1. The van der Waals surface area contributed by atoms with Gasteiger partial charge in [-0.3, -0.25) is 0 Å². The molecular formula is C85H79N3S. The third-order valence-electron chi connectivity index (χ3n) is 18.6. The van der Waals surface area contributed by atoms with Crippen molar-refractivity contribution in [2.24, 2.45) is 0 Å². The first-order valence-corrected chi connectivity index (χ1v) is 32.4. The Morgan fingerprint density at radius 1 is 0.416 bits per heavy atom. The average molecular weight is 1170 g/mol. The Kier molecular flexibility index (Phi) is 14.7. The number of benzene rings is 10. The van der Waals surface area contributed by atoms with E-state index >= 15 is 0 Å². The van der Waals surface area contributed by atoms with E-state index in [2.05, 4.69) is 330 Å². The van der Waals surface area contributed by atoms with Crippen LogP contribution in [0.1, 0.15) is 139 Å². The fourth-order valence-electron chi connectivity index (χ4n) is 13.7. The summed E-state index contributed by atoms with van der Waals surface area (Å²) in [6, 6.07) is 82.6. The van der Waals surface area contributed by atoms with E-state index in [1.54, 1.807) is 0 Å². The van der Waals surface area contributed by atoms with Gasteiger partial charge in [0.2, 0.25) is 0 Å². The lowest BCUT2D eigenvalue weighted by molar-refractivity contribution is 0.590. The van der Waals surface area contributed by atoms with Crippen LogP contribution in [0.5, 0.6) is 0 Å². The number of nitriles is 1. The lowest BCUT2D eigenvalue weighted by Crippen LogP contribution is -2.28. The van der Waals surface area contributed by atoms with Crippen LogP contribution in [-0.4, -0.2) is 5.75 Å². The first-order valence-electron chi connectivity index (χ1n) is 31.4. The van der Waals surface area contributed by atoms with Gasteiger partial charge in [-0.15, -0.1) is 11.8 Å². The number of fused-ring (bicyclic) bond motifs is 12. The zero-order valence-corrected chi connectivity index (χ0v) is 54.5. The molecule has 0 bridgehead atoms. The molecule has 89 heavy (non-hydrogen) atoms. The number of rotatable bonds is 8. The third kappa shape index (κ3) is 10.5. The van der Waals surface area contributed by atoms with Gasteiger partial charge in [-0.2, -0.15) is 5.26 Å². The molecule has 0 radical (unpaired) electrons. The second-order valence-electron chi connectivity index (χ2n) is 28.6. The lowest BCUT2D eigenvalue weighted by Gasteiger charge is -2.35. The van der Waals surface area contributed by atoms with E-state index in [-0.39, 0.29) is 21.7 Å². The highest BCUT2D eigenvalue weighted by atomic mass is 32.2. The summed E-state index contributed by atoms with van der Waals surface area (Å²) in [6.07, 6.45) is 8.77. The van der Waals surface area contributed by atoms with E-state index in [4.69, 9.17) is 6.58 Å². The van der Waals surface area contributed by atoms with E-state index in [0.29, 0.717) is 5.56 Å². The van der Waals surface area contributed by atoms with Crippen LogP contribution in [0.25, 0.3) is 50.1 Å². The monoisotopic (exact) mass is 1170 g/mol. The van der Waals surface area contributed by atoms with Gasteiger partial charge in [0.05, 0.1) is 22.7 Å². The summed E-state index contributed by atoms with van der Waals surface area (Å²) in [5, 5.41) is 10.7. The molecule has 0 fully saturated rings. The van der Waals surface area contributed by atoms with Crippen LogP contribution in [0.4, 0.5) is 34.1 Å². The van der Waals surface area contributed by atoms with E-state index < -0.39 is 5.41 Å². The molecule has 440 valence electrons. The first kappa shape index (κ1) is 58.9. The number of allylic oxidation sites excluding steroid dienone is 4. The van der Waals surface area contributed by atoms with Gasteiger partial charge in [-0.05, 0) is 190 Å². The fourth-order valence-corrected chi connectivity index (χ4v) is 14.7. The molecule has 1 spiro atoms. The maximum atomic E-state index is 10.7. The highest BCUT2D eigenvalue weighted by Gasteiger charge is 2.55. The number of hydrogen-bond donors (Lipinski definition) is 0. The lowest BCUT2D eigenvalue weighted by atomic mass is 9.68. The minimum absolute atomic E-state index is 0.0300. The van der Waals surface area contributed by atoms with Crippen molar-refractivity contribution in [3.63, 3.8) is 0 Å².